The summed E-state index contributed by atoms with van der Waals surface area (Å²) in [6, 6.07) is 14.6. The molecular weight excluding hydrogens is 264 g/mol. The summed E-state index contributed by atoms with van der Waals surface area (Å²) >= 11 is 0. The minimum atomic E-state index is -0.295. The van der Waals surface area contributed by atoms with E-state index in [0.717, 1.165) is 5.56 Å². The molecule has 2 rings (SSSR count). The second-order valence-electron chi connectivity index (χ2n) is 4.74. The van der Waals surface area contributed by atoms with E-state index in [9.17, 15) is 4.79 Å². The monoisotopic (exact) mass is 280 g/mol. The van der Waals surface area contributed by atoms with Gasteiger partial charge >= 0.3 is 0 Å². The molecule has 21 heavy (non-hydrogen) atoms. The number of carbonyl (C=O) groups is 1. The van der Waals surface area contributed by atoms with Gasteiger partial charge in [-0.15, -0.1) is 0 Å². The SMILES string of the molecule is Cc1ccc(OCC(=O)Nc2ccccc2C#N)cc1C. The lowest BCUT2D eigenvalue weighted by molar-refractivity contribution is -0.118. The maximum Gasteiger partial charge on any atom is 0.262 e. The van der Waals surface area contributed by atoms with Gasteiger partial charge in [-0.05, 0) is 49.2 Å². The average Bonchev–Trinajstić information content (AvgIpc) is 2.49. The Morgan fingerprint density at radius 2 is 1.95 bits per heavy atom. The van der Waals surface area contributed by atoms with Crippen molar-refractivity contribution in [1.82, 2.24) is 0 Å². The van der Waals surface area contributed by atoms with E-state index < -0.39 is 0 Å². The standard InChI is InChI=1S/C17H16N2O2/c1-12-7-8-15(9-13(12)2)21-11-17(20)19-16-6-4-3-5-14(16)10-18/h3-9H,11H2,1-2H3,(H,19,20). The number of nitrogens with zero attached hydrogens (tertiary/aromatic N) is 1. The molecule has 0 unspecified atom stereocenters. The highest BCUT2D eigenvalue weighted by Crippen LogP contribution is 2.17. The summed E-state index contributed by atoms with van der Waals surface area (Å²) in [7, 11) is 0. The number of carbonyl (C=O) groups excluding carboxylic acids is 1. The Kier molecular flexibility index (Phi) is 4.57. The number of anilines is 1. The summed E-state index contributed by atoms with van der Waals surface area (Å²) < 4.78 is 5.45. The summed E-state index contributed by atoms with van der Waals surface area (Å²) in [4.78, 5) is 11.9. The quantitative estimate of drug-likeness (QED) is 0.935. The van der Waals surface area contributed by atoms with Gasteiger partial charge in [-0.25, -0.2) is 0 Å². The molecule has 0 saturated carbocycles. The average molecular weight is 280 g/mol. The number of para-hydroxylation sites is 1. The molecule has 106 valence electrons. The Balaban J connectivity index is 1.96. The number of nitrogens with one attached hydrogen (secondary N) is 1. The van der Waals surface area contributed by atoms with Crippen LogP contribution in [-0.4, -0.2) is 12.5 Å². The predicted molar refractivity (Wildman–Crippen MR) is 81.2 cm³/mol. The predicted octanol–water partition coefficient (Wildman–Crippen LogP) is 3.19. The van der Waals surface area contributed by atoms with Gasteiger partial charge < -0.3 is 10.1 Å². The van der Waals surface area contributed by atoms with Crippen LogP contribution in [0.5, 0.6) is 5.75 Å². The highest BCUT2D eigenvalue weighted by atomic mass is 16.5. The molecular formula is C17H16N2O2. The molecule has 0 aromatic heterocycles. The van der Waals surface area contributed by atoms with Crippen molar-refractivity contribution in [1.29, 1.82) is 5.26 Å². The number of benzene rings is 2. The van der Waals surface area contributed by atoms with Gasteiger partial charge in [0, 0.05) is 0 Å². The summed E-state index contributed by atoms with van der Waals surface area (Å²) in [6.45, 7) is 3.92. The van der Waals surface area contributed by atoms with Crippen LogP contribution in [0.4, 0.5) is 5.69 Å². The van der Waals surface area contributed by atoms with Crippen LogP contribution in [0.15, 0.2) is 42.5 Å². The third-order valence-corrected chi connectivity index (χ3v) is 3.17. The van der Waals surface area contributed by atoms with E-state index in [4.69, 9.17) is 10.00 Å². The summed E-state index contributed by atoms with van der Waals surface area (Å²) in [5, 5.41) is 11.6. The second kappa shape index (κ2) is 6.58. The van der Waals surface area contributed by atoms with E-state index in [-0.39, 0.29) is 12.5 Å². The van der Waals surface area contributed by atoms with Crippen LogP contribution < -0.4 is 10.1 Å². The second-order valence-corrected chi connectivity index (χ2v) is 4.74. The minimum Gasteiger partial charge on any atom is -0.484 e. The van der Waals surface area contributed by atoms with Crippen molar-refractivity contribution >= 4 is 11.6 Å². The molecule has 2 aromatic rings. The van der Waals surface area contributed by atoms with Gasteiger partial charge in [-0.2, -0.15) is 5.26 Å². The van der Waals surface area contributed by atoms with E-state index in [0.29, 0.717) is 17.0 Å². The molecule has 0 bridgehead atoms. The van der Waals surface area contributed by atoms with Crippen LogP contribution in [0.3, 0.4) is 0 Å². The normalized spacial score (nSPS) is 9.76. The lowest BCUT2D eigenvalue weighted by Crippen LogP contribution is -2.20. The molecule has 4 nitrogen and oxygen atoms in total. The van der Waals surface area contributed by atoms with E-state index in [1.165, 1.54) is 5.56 Å². The highest BCUT2D eigenvalue weighted by molar-refractivity contribution is 5.93. The van der Waals surface area contributed by atoms with E-state index in [1.54, 1.807) is 24.3 Å². The van der Waals surface area contributed by atoms with Crippen molar-refractivity contribution in [2.24, 2.45) is 0 Å². The first kappa shape index (κ1) is 14.6. The van der Waals surface area contributed by atoms with Gasteiger partial charge in [0.25, 0.3) is 5.91 Å². The number of ether oxygens (including phenoxy) is 1. The van der Waals surface area contributed by atoms with Gasteiger partial charge in [0.2, 0.25) is 0 Å². The smallest absolute Gasteiger partial charge is 0.262 e. The summed E-state index contributed by atoms with van der Waals surface area (Å²) in [6.07, 6.45) is 0. The molecule has 0 atom stereocenters. The fraction of sp³-hybridized carbons (Fsp3) is 0.176. The van der Waals surface area contributed by atoms with Gasteiger partial charge in [-0.1, -0.05) is 18.2 Å². The molecule has 0 heterocycles. The molecule has 0 saturated heterocycles. The maximum absolute atomic E-state index is 11.9. The number of aryl methyl sites for hydroxylation is 2. The van der Waals surface area contributed by atoms with Crippen LogP contribution in [-0.2, 0) is 4.79 Å². The third-order valence-electron chi connectivity index (χ3n) is 3.17. The molecule has 0 fully saturated rings. The third kappa shape index (κ3) is 3.83. The fourth-order valence-corrected chi connectivity index (χ4v) is 1.83. The van der Waals surface area contributed by atoms with Gasteiger partial charge in [0.1, 0.15) is 11.8 Å². The number of rotatable bonds is 4. The molecule has 2 aromatic carbocycles. The molecule has 0 radical (unpaired) electrons. The molecule has 4 heteroatoms. The lowest BCUT2D eigenvalue weighted by atomic mass is 10.1. The van der Waals surface area contributed by atoms with Gasteiger partial charge in [0.05, 0.1) is 11.3 Å². The Labute approximate surface area is 124 Å². The Morgan fingerprint density at radius 3 is 2.67 bits per heavy atom. The van der Waals surface area contributed by atoms with Crippen molar-refractivity contribution in [3.05, 3.63) is 59.2 Å². The van der Waals surface area contributed by atoms with Crippen molar-refractivity contribution in [3.8, 4) is 11.8 Å². The molecule has 0 aliphatic carbocycles. The largest absolute Gasteiger partial charge is 0.484 e. The van der Waals surface area contributed by atoms with E-state index in [2.05, 4.69) is 5.32 Å². The van der Waals surface area contributed by atoms with Gasteiger partial charge in [-0.3, -0.25) is 4.79 Å². The lowest BCUT2D eigenvalue weighted by Gasteiger charge is -2.09. The molecule has 0 aliphatic heterocycles. The first-order valence-electron chi connectivity index (χ1n) is 6.59. The van der Waals surface area contributed by atoms with Crippen LogP contribution in [0, 0.1) is 25.2 Å². The van der Waals surface area contributed by atoms with Crippen molar-refractivity contribution in [2.75, 3.05) is 11.9 Å². The topological polar surface area (TPSA) is 62.1 Å². The van der Waals surface area contributed by atoms with Gasteiger partial charge in [0.15, 0.2) is 6.61 Å². The minimum absolute atomic E-state index is 0.0950. The Bertz CT molecular complexity index is 702. The van der Waals surface area contributed by atoms with Crippen LogP contribution in [0.2, 0.25) is 0 Å². The summed E-state index contributed by atoms with van der Waals surface area (Å²) in [5.41, 5.74) is 3.21. The summed E-state index contributed by atoms with van der Waals surface area (Å²) in [5.74, 6) is 0.359. The van der Waals surface area contributed by atoms with E-state index in [1.807, 2.05) is 38.1 Å². The number of hydrogen-bond acceptors (Lipinski definition) is 3. The first-order valence-corrected chi connectivity index (χ1v) is 6.59. The van der Waals surface area contributed by atoms with E-state index >= 15 is 0 Å². The zero-order valence-corrected chi connectivity index (χ0v) is 12.0. The number of nitriles is 1. The molecule has 1 amide bonds. The zero-order chi connectivity index (χ0) is 15.2. The number of amides is 1. The van der Waals surface area contributed by atoms with Crippen LogP contribution >= 0.6 is 0 Å². The molecule has 0 aliphatic rings. The molecule has 1 N–H and O–H groups in total. The maximum atomic E-state index is 11.9. The van der Waals surface area contributed by atoms with Crippen LogP contribution in [0.25, 0.3) is 0 Å². The van der Waals surface area contributed by atoms with Crippen molar-refractivity contribution in [2.45, 2.75) is 13.8 Å². The Hall–Kier alpha value is -2.80. The number of hydrogen-bond donors (Lipinski definition) is 1. The Morgan fingerprint density at radius 1 is 1.19 bits per heavy atom. The molecule has 0 spiro atoms. The van der Waals surface area contributed by atoms with Crippen molar-refractivity contribution in [3.63, 3.8) is 0 Å². The highest BCUT2D eigenvalue weighted by Gasteiger charge is 2.07. The first-order chi connectivity index (χ1) is 10.1. The zero-order valence-electron chi connectivity index (χ0n) is 12.0. The van der Waals surface area contributed by atoms with Crippen LogP contribution in [0.1, 0.15) is 16.7 Å². The van der Waals surface area contributed by atoms with Crippen molar-refractivity contribution < 1.29 is 9.53 Å². The fourth-order valence-electron chi connectivity index (χ4n) is 1.83.